The molecule has 2 aromatic carbocycles. The summed E-state index contributed by atoms with van der Waals surface area (Å²) in [5.74, 6) is 0.0785. The van der Waals surface area contributed by atoms with Crippen LogP contribution >= 0.6 is 11.6 Å². The van der Waals surface area contributed by atoms with E-state index < -0.39 is 9.84 Å². The van der Waals surface area contributed by atoms with Crippen LogP contribution in [0, 0.1) is 0 Å². The van der Waals surface area contributed by atoms with Crippen molar-refractivity contribution in [3.8, 4) is 0 Å². The molecule has 2 aliphatic rings. The smallest absolute Gasteiger partial charge is 0.154 e. The fraction of sp³-hybridized carbons (Fsp3) is 0.280. The maximum absolute atomic E-state index is 12.3. The van der Waals surface area contributed by atoms with Crippen molar-refractivity contribution in [1.29, 1.82) is 0 Å². The number of hydrogen-bond donors (Lipinski definition) is 0. The van der Waals surface area contributed by atoms with Crippen molar-refractivity contribution in [2.24, 2.45) is 4.99 Å². The fourth-order valence-corrected chi connectivity index (χ4v) is 5.13. The lowest BCUT2D eigenvalue weighted by Gasteiger charge is -2.29. The monoisotopic (exact) mass is 468 g/mol. The zero-order valence-corrected chi connectivity index (χ0v) is 19.8. The first-order valence-corrected chi connectivity index (χ1v) is 12.7. The molecule has 2 aliphatic heterocycles. The van der Waals surface area contributed by atoms with Crippen LogP contribution in [-0.2, 0) is 20.4 Å². The molecular formula is C25H25ClN2O3S. The van der Waals surface area contributed by atoms with Crippen molar-refractivity contribution in [2.45, 2.75) is 31.7 Å². The van der Waals surface area contributed by atoms with E-state index in [0.717, 1.165) is 45.4 Å². The number of aliphatic imine (C=N–C) groups is 1. The van der Waals surface area contributed by atoms with Crippen molar-refractivity contribution < 1.29 is 13.2 Å². The molecule has 7 heteroatoms. The van der Waals surface area contributed by atoms with Gasteiger partial charge in [0, 0.05) is 40.7 Å². The number of carbonyl (C=O) groups excluding carboxylic acids is 1. The van der Waals surface area contributed by atoms with Gasteiger partial charge in [0.1, 0.15) is 12.3 Å². The molecule has 2 heterocycles. The molecule has 0 fully saturated rings. The quantitative estimate of drug-likeness (QED) is 0.614. The lowest BCUT2D eigenvalue weighted by atomic mass is 9.87. The van der Waals surface area contributed by atoms with Crippen LogP contribution in [0.2, 0.25) is 5.02 Å². The van der Waals surface area contributed by atoms with Gasteiger partial charge in [0.25, 0.3) is 0 Å². The summed E-state index contributed by atoms with van der Waals surface area (Å²) in [4.78, 5) is 18.5. The number of carbonyl (C=O) groups is 1. The van der Waals surface area contributed by atoms with E-state index in [0.29, 0.717) is 5.02 Å². The van der Waals surface area contributed by atoms with Gasteiger partial charge in [0.05, 0.1) is 17.5 Å². The fourth-order valence-electron chi connectivity index (χ4n) is 4.12. The Morgan fingerprint density at radius 1 is 1.12 bits per heavy atom. The van der Waals surface area contributed by atoms with E-state index in [1.807, 2.05) is 73.6 Å². The third kappa shape index (κ3) is 4.30. The molecule has 0 radical (unpaired) electrons. The van der Waals surface area contributed by atoms with Crippen molar-refractivity contribution in [1.82, 2.24) is 4.90 Å². The Balaban J connectivity index is 1.95. The van der Waals surface area contributed by atoms with Crippen molar-refractivity contribution in [3.63, 3.8) is 0 Å². The topological polar surface area (TPSA) is 66.8 Å². The molecule has 2 atom stereocenters. The highest BCUT2D eigenvalue weighted by Crippen LogP contribution is 2.38. The number of fused-ring (bicyclic) bond motifs is 3. The van der Waals surface area contributed by atoms with Crippen molar-refractivity contribution in [2.75, 3.05) is 12.8 Å². The molecule has 0 saturated carbocycles. The molecule has 1 unspecified atom stereocenters. The van der Waals surface area contributed by atoms with Crippen LogP contribution in [0.4, 0.5) is 0 Å². The second-order valence-corrected chi connectivity index (χ2v) is 11.0. The van der Waals surface area contributed by atoms with Crippen LogP contribution in [0.1, 0.15) is 36.1 Å². The molecule has 0 N–H and O–H groups in total. The first kappa shape index (κ1) is 22.5. The van der Waals surface area contributed by atoms with Gasteiger partial charge in [-0.2, -0.15) is 0 Å². The summed E-state index contributed by atoms with van der Waals surface area (Å²) < 4.78 is 24.6. The van der Waals surface area contributed by atoms with Gasteiger partial charge in [-0.15, -0.1) is 0 Å². The molecule has 2 aromatic rings. The maximum atomic E-state index is 12.3. The van der Waals surface area contributed by atoms with Crippen molar-refractivity contribution >= 4 is 39.0 Å². The molecular weight excluding hydrogens is 444 g/mol. The highest BCUT2D eigenvalue weighted by molar-refractivity contribution is 7.90. The Morgan fingerprint density at radius 2 is 1.84 bits per heavy atom. The van der Waals surface area contributed by atoms with E-state index in [-0.39, 0.29) is 23.6 Å². The molecule has 4 rings (SSSR count). The summed E-state index contributed by atoms with van der Waals surface area (Å²) in [6, 6.07) is 12.7. The van der Waals surface area contributed by atoms with Gasteiger partial charge >= 0.3 is 0 Å². The second-order valence-electron chi connectivity index (χ2n) is 8.17. The van der Waals surface area contributed by atoms with Crippen LogP contribution in [0.15, 0.2) is 65.3 Å². The number of hydrogen-bond acceptors (Lipinski definition) is 5. The lowest BCUT2D eigenvalue weighted by molar-refractivity contribution is -0.110. The van der Waals surface area contributed by atoms with Crippen LogP contribution < -0.4 is 0 Å². The number of likely N-dealkylation sites (N-methyl/N-ethyl adjacent to an activating group) is 1. The normalized spacial score (nSPS) is 20.4. The lowest BCUT2D eigenvalue weighted by Crippen LogP contribution is -2.31. The molecule has 0 spiro atoms. The summed E-state index contributed by atoms with van der Waals surface area (Å²) >= 11 is 6.10. The Labute approximate surface area is 194 Å². The highest BCUT2D eigenvalue weighted by Gasteiger charge is 2.30. The first-order chi connectivity index (χ1) is 15.2. The number of rotatable bonds is 5. The van der Waals surface area contributed by atoms with Crippen LogP contribution in [-0.4, -0.2) is 50.2 Å². The second kappa shape index (κ2) is 8.68. The Bertz CT molecular complexity index is 1260. The molecule has 32 heavy (non-hydrogen) atoms. The van der Waals surface area contributed by atoms with Gasteiger partial charge in [0.15, 0.2) is 9.84 Å². The van der Waals surface area contributed by atoms with Crippen molar-refractivity contribution in [3.05, 3.63) is 87.6 Å². The van der Waals surface area contributed by atoms with Gasteiger partial charge in [-0.05, 0) is 47.9 Å². The predicted molar refractivity (Wildman–Crippen MR) is 130 cm³/mol. The van der Waals surface area contributed by atoms with E-state index in [2.05, 4.69) is 0 Å². The Hall–Kier alpha value is -2.70. The van der Waals surface area contributed by atoms with Gasteiger partial charge in [-0.25, -0.2) is 8.42 Å². The van der Waals surface area contributed by atoms with Crippen LogP contribution in [0.5, 0.6) is 0 Å². The summed E-state index contributed by atoms with van der Waals surface area (Å²) in [6.45, 7) is 3.67. The number of nitrogens with zero attached hydrogens (tertiary/aromatic N) is 2. The van der Waals surface area contributed by atoms with Gasteiger partial charge < -0.3 is 9.69 Å². The van der Waals surface area contributed by atoms with Gasteiger partial charge in [-0.3, -0.25) is 4.99 Å². The highest BCUT2D eigenvalue weighted by atomic mass is 35.5. The van der Waals surface area contributed by atoms with E-state index in [1.165, 1.54) is 0 Å². The zero-order valence-electron chi connectivity index (χ0n) is 18.2. The molecule has 0 saturated heterocycles. The third-order valence-corrected chi connectivity index (χ3v) is 7.85. The standard InChI is InChI=1S/C25H25ClN2O3S/c1-4-32(30,31)15-17-5-10-21-23(11-17)24-13-28(3)20(14-29)12-22(24)16(2)27-25(21)18-6-8-19(26)9-7-18/h5-14,16,20H,4,15H2,1-3H3/t16-,20?/m0/s1. The number of aldehydes is 1. The SMILES string of the molecule is CCS(=O)(=O)Cc1ccc2c(c1)C1=CN(C)C(C=O)C=C1[C@H](C)N=C2c1ccc(Cl)cc1. The minimum Gasteiger partial charge on any atom is -0.367 e. The third-order valence-electron chi connectivity index (χ3n) is 5.95. The Kier molecular flexibility index (Phi) is 6.10. The molecule has 0 aromatic heterocycles. The van der Waals surface area contributed by atoms with Gasteiger partial charge in [-0.1, -0.05) is 42.8 Å². The average Bonchev–Trinajstić information content (AvgIpc) is 2.88. The van der Waals surface area contributed by atoms with E-state index in [4.69, 9.17) is 16.6 Å². The minimum absolute atomic E-state index is 0.0150. The summed E-state index contributed by atoms with van der Waals surface area (Å²) in [5, 5.41) is 0.644. The van der Waals surface area contributed by atoms with E-state index in [9.17, 15) is 13.2 Å². The molecule has 5 nitrogen and oxygen atoms in total. The summed E-state index contributed by atoms with van der Waals surface area (Å²) in [7, 11) is -1.32. The van der Waals surface area contributed by atoms with E-state index >= 15 is 0 Å². The molecule has 0 aliphatic carbocycles. The minimum atomic E-state index is -3.18. The Morgan fingerprint density at radius 3 is 2.50 bits per heavy atom. The molecule has 0 bridgehead atoms. The van der Waals surface area contributed by atoms with Crippen LogP contribution in [0.25, 0.3) is 5.57 Å². The molecule has 0 amide bonds. The largest absolute Gasteiger partial charge is 0.367 e. The summed E-state index contributed by atoms with van der Waals surface area (Å²) in [5.41, 5.74) is 6.22. The zero-order chi connectivity index (χ0) is 23.0. The first-order valence-electron chi connectivity index (χ1n) is 10.5. The number of sulfone groups is 1. The molecule has 166 valence electrons. The van der Waals surface area contributed by atoms with Gasteiger partial charge in [0.2, 0.25) is 0 Å². The van der Waals surface area contributed by atoms with E-state index in [1.54, 1.807) is 6.92 Å². The summed E-state index contributed by atoms with van der Waals surface area (Å²) in [6.07, 6.45) is 4.82. The average molecular weight is 469 g/mol. The van der Waals surface area contributed by atoms with Crippen LogP contribution in [0.3, 0.4) is 0 Å². The number of benzene rings is 2. The predicted octanol–water partition coefficient (Wildman–Crippen LogP) is 4.29. The maximum Gasteiger partial charge on any atom is 0.154 e. The number of halogens is 1.